The fourth-order valence-electron chi connectivity index (χ4n) is 3.68. The Labute approximate surface area is 167 Å². The van der Waals surface area contributed by atoms with Crippen molar-refractivity contribution in [3.63, 3.8) is 0 Å². The number of hydrogen-bond donors (Lipinski definition) is 1. The number of halogens is 3. The molecule has 1 aromatic carbocycles. The minimum atomic E-state index is -4.65. The Morgan fingerprint density at radius 2 is 1.90 bits per heavy atom. The van der Waals surface area contributed by atoms with E-state index in [0.717, 1.165) is 0 Å². The van der Waals surface area contributed by atoms with Gasteiger partial charge in [0.2, 0.25) is 5.60 Å². The molecule has 1 aromatic rings. The molecule has 2 atom stereocenters. The molecule has 0 aliphatic carbocycles. The van der Waals surface area contributed by atoms with Gasteiger partial charge in [0.1, 0.15) is 6.04 Å². The molecule has 0 spiro atoms. The van der Waals surface area contributed by atoms with Gasteiger partial charge in [-0.1, -0.05) is 18.1 Å². The average molecular weight is 412 g/mol. The van der Waals surface area contributed by atoms with Gasteiger partial charge >= 0.3 is 12.3 Å². The molecule has 158 valence electrons. The molecule has 29 heavy (non-hydrogen) atoms. The van der Waals surface area contributed by atoms with E-state index in [1.807, 2.05) is 4.90 Å². The third-order valence-electron chi connectivity index (χ3n) is 5.13. The SMILES string of the molecule is CC#CC1CN(C(=O)O)CCN1c1ccc(C2(C(F)(F)F)COC(C)(C)O2)cc1. The first-order valence-corrected chi connectivity index (χ1v) is 9.17. The van der Waals surface area contributed by atoms with Crippen LogP contribution < -0.4 is 4.90 Å². The number of hydrogen-bond acceptors (Lipinski definition) is 4. The molecule has 2 fully saturated rings. The van der Waals surface area contributed by atoms with Crippen molar-refractivity contribution in [2.75, 3.05) is 31.1 Å². The molecule has 0 saturated carbocycles. The van der Waals surface area contributed by atoms with Gasteiger partial charge in [-0.05, 0) is 38.5 Å². The van der Waals surface area contributed by atoms with Gasteiger partial charge in [-0.25, -0.2) is 4.79 Å². The topological polar surface area (TPSA) is 62.2 Å². The van der Waals surface area contributed by atoms with Crippen molar-refractivity contribution >= 4 is 11.8 Å². The molecule has 2 aliphatic rings. The van der Waals surface area contributed by atoms with Gasteiger partial charge in [0, 0.05) is 18.8 Å². The number of rotatable bonds is 2. The summed E-state index contributed by atoms with van der Waals surface area (Å²) in [6.07, 6.45) is -5.66. The van der Waals surface area contributed by atoms with Crippen LogP contribution in [0.1, 0.15) is 26.3 Å². The van der Waals surface area contributed by atoms with Gasteiger partial charge < -0.3 is 24.4 Å². The average Bonchev–Trinajstić information content (AvgIpc) is 2.99. The minimum Gasteiger partial charge on any atom is -0.465 e. The second kappa shape index (κ2) is 7.43. The lowest BCUT2D eigenvalue weighted by atomic mass is 9.93. The number of carboxylic acid groups (broad SMARTS) is 1. The smallest absolute Gasteiger partial charge is 0.424 e. The lowest BCUT2D eigenvalue weighted by Gasteiger charge is -2.39. The number of amides is 1. The highest BCUT2D eigenvalue weighted by atomic mass is 19.4. The lowest BCUT2D eigenvalue weighted by molar-refractivity contribution is -0.289. The number of piperazine rings is 1. The second-order valence-electron chi connectivity index (χ2n) is 7.49. The molecule has 0 aromatic heterocycles. The van der Waals surface area contributed by atoms with Crippen LogP contribution in [-0.2, 0) is 15.1 Å². The maximum absolute atomic E-state index is 13.9. The highest BCUT2D eigenvalue weighted by Crippen LogP contribution is 2.49. The number of carbonyl (C=O) groups is 1. The van der Waals surface area contributed by atoms with Crippen LogP contribution in [-0.4, -0.2) is 60.3 Å². The monoisotopic (exact) mass is 412 g/mol. The molecular formula is C20H23F3N2O4. The van der Waals surface area contributed by atoms with E-state index in [-0.39, 0.29) is 24.7 Å². The lowest BCUT2D eigenvalue weighted by Crippen LogP contribution is -2.54. The van der Waals surface area contributed by atoms with Crippen LogP contribution >= 0.6 is 0 Å². The number of benzene rings is 1. The Bertz CT molecular complexity index is 829. The van der Waals surface area contributed by atoms with Crippen LogP contribution in [0.3, 0.4) is 0 Å². The second-order valence-corrected chi connectivity index (χ2v) is 7.49. The highest BCUT2D eigenvalue weighted by Gasteiger charge is 2.63. The van der Waals surface area contributed by atoms with Crippen molar-refractivity contribution in [1.82, 2.24) is 4.90 Å². The highest BCUT2D eigenvalue weighted by molar-refractivity contribution is 5.66. The first-order chi connectivity index (χ1) is 13.5. The van der Waals surface area contributed by atoms with E-state index in [9.17, 15) is 23.1 Å². The van der Waals surface area contributed by atoms with Gasteiger partial charge in [-0.15, -0.1) is 5.92 Å². The molecular weight excluding hydrogens is 389 g/mol. The summed E-state index contributed by atoms with van der Waals surface area (Å²) in [5.41, 5.74) is -1.90. The van der Waals surface area contributed by atoms with Crippen LogP contribution in [0, 0.1) is 11.8 Å². The Hall–Kier alpha value is -2.44. The quantitative estimate of drug-likeness (QED) is 0.755. The van der Waals surface area contributed by atoms with Crippen molar-refractivity contribution in [1.29, 1.82) is 0 Å². The third kappa shape index (κ3) is 4.00. The summed E-state index contributed by atoms with van der Waals surface area (Å²) in [7, 11) is 0. The Morgan fingerprint density at radius 3 is 2.38 bits per heavy atom. The first kappa shape index (κ1) is 21.3. The largest absolute Gasteiger partial charge is 0.465 e. The van der Waals surface area contributed by atoms with Crippen molar-refractivity contribution < 1.29 is 32.5 Å². The molecule has 3 rings (SSSR count). The summed E-state index contributed by atoms with van der Waals surface area (Å²) in [6, 6.07) is 5.55. The predicted molar refractivity (Wildman–Crippen MR) is 99.5 cm³/mol. The van der Waals surface area contributed by atoms with Crippen LogP contribution in [0.25, 0.3) is 0 Å². The first-order valence-electron chi connectivity index (χ1n) is 9.17. The summed E-state index contributed by atoms with van der Waals surface area (Å²) in [5.74, 6) is 4.42. The Kier molecular flexibility index (Phi) is 5.45. The normalized spacial score (nSPS) is 26.8. The van der Waals surface area contributed by atoms with E-state index in [2.05, 4.69) is 11.8 Å². The van der Waals surface area contributed by atoms with Crippen molar-refractivity contribution in [3.8, 4) is 11.8 Å². The summed E-state index contributed by atoms with van der Waals surface area (Å²) in [4.78, 5) is 14.4. The molecule has 2 saturated heterocycles. The van der Waals surface area contributed by atoms with Crippen LogP contribution in [0.5, 0.6) is 0 Å². The van der Waals surface area contributed by atoms with Gasteiger partial charge in [0.05, 0.1) is 13.2 Å². The number of anilines is 1. The number of alkyl halides is 3. The number of nitrogens with zero attached hydrogens (tertiary/aromatic N) is 2. The van der Waals surface area contributed by atoms with Gasteiger partial charge in [0.15, 0.2) is 5.79 Å². The molecule has 6 nitrogen and oxygen atoms in total. The van der Waals surface area contributed by atoms with Crippen LogP contribution in [0.15, 0.2) is 24.3 Å². The fraction of sp³-hybridized carbons (Fsp3) is 0.550. The maximum atomic E-state index is 13.9. The molecule has 0 radical (unpaired) electrons. The van der Waals surface area contributed by atoms with Crippen molar-refractivity contribution in [2.24, 2.45) is 0 Å². The molecule has 1 amide bonds. The van der Waals surface area contributed by atoms with Gasteiger partial charge in [-0.3, -0.25) is 0 Å². The van der Waals surface area contributed by atoms with Gasteiger partial charge in [0.25, 0.3) is 0 Å². The third-order valence-corrected chi connectivity index (χ3v) is 5.13. The van der Waals surface area contributed by atoms with E-state index < -0.39 is 30.3 Å². The van der Waals surface area contributed by atoms with E-state index in [4.69, 9.17) is 9.47 Å². The molecule has 2 heterocycles. The van der Waals surface area contributed by atoms with Crippen molar-refractivity contribution in [3.05, 3.63) is 29.8 Å². The zero-order valence-corrected chi connectivity index (χ0v) is 16.4. The zero-order chi connectivity index (χ0) is 21.4. The van der Waals surface area contributed by atoms with Crippen LogP contribution in [0.2, 0.25) is 0 Å². The van der Waals surface area contributed by atoms with Crippen LogP contribution in [0.4, 0.5) is 23.7 Å². The number of ether oxygens (including phenoxy) is 2. The Morgan fingerprint density at radius 1 is 1.24 bits per heavy atom. The Balaban J connectivity index is 1.89. The summed E-state index contributed by atoms with van der Waals surface area (Å²) >= 11 is 0. The summed E-state index contributed by atoms with van der Waals surface area (Å²) in [5, 5.41) is 9.21. The van der Waals surface area contributed by atoms with Gasteiger partial charge in [-0.2, -0.15) is 13.2 Å². The molecule has 0 bridgehead atoms. The zero-order valence-electron chi connectivity index (χ0n) is 16.4. The van der Waals surface area contributed by atoms with E-state index >= 15 is 0 Å². The molecule has 2 aliphatic heterocycles. The van der Waals surface area contributed by atoms with E-state index in [1.54, 1.807) is 19.1 Å². The summed E-state index contributed by atoms with van der Waals surface area (Å²) < 4.78 is 52.2. The fourth-order valence-corrected chi connectivity index (χ4v) is 3.68. The predicted octanol–water partition coefficient (Wildman–Crippen LogP) is 3.42. The molecule has 9 heteroatoms. The molecule has 2 unspecified atom stereocenters. The minimum absolute atomic E-state index is 0.0402. The maximum Gasteiger partial charge on any atom is 0.424 e. The summed E-state index contributed by atoms with van der Waals surface area (Å²) in [6.45, 7) is 4.82. The molecule has 1 N–H and O–H groups in total. The van der Waals surface area contributed by atoms with E-state index in [1.165, 1.54) is 30.9 Å². The van der Waals surface area contributed by atoms with Crippen molar-refractivity contribution in [2.45, 2.75) is 44.4 Å². The standard InChI is InChI=1S/C20H23F3N2O4/c1-4-5-16-12-24(17(26)27)10-11-25(16)15-8-6-14(7-9-15)19(20(21,22)23)13-28-18(2,3)29-19/h6-9,16H,10-13H2,1-3H3,(H,26,27). The van der Waals surface area contributed by atoms with E-state index in [0.29, 0.717) is 12.2 Å².